The Morgan fingerprint density at radius 3 is 0.899 bits per heavy atom. The third kappa shape index (κ3) is 74.9. The van der Waals surface area contributed by atoms with Crippen molar-refractivity contribution < 1.29 is 123 Å². The number of rotatable bonds is 11. The smallest absolute Gasteiger partial charge is 0.463 e. The number of pyridine rings is 2. The van der Waals surface area contributed by atoms with Gasteiger partial charge < -0.3 is 105 Å². The predicted octanol–water partition coefficient (Wildman–Crippen LogP) is 24.3. The van der Waals surface area contributed by atoms with Crippen molar-refractivity contribution in [2.45, 2.75) is 375 Å². The van der Waals surface area contributed by atoms with Gasteiger partial charge in [-0.2, -0.15) is 0 Å². The Labute approximate surface area is 733 Å². The summed E-state index contributed by atoms with van der Waals surface area (Å²) in [6.07, 6.45) is 71.4. The van der Waals surface area contributed by atoms with Gasteiger partial charge in [0.1, 0.15) is 18.7 Å². The first-order valence-corrected chi connectivity index (χ1v) is 39.0. The van der Waals surface area contributed by atoms with Crippen molar-refractivity contribution in [2.24, 2.45) is 42.4 Å². The van der Waals surface area contributed by atoms with Crippen LogP contribution in [0.5, 0.6) is 0 Å². The fraction of sp³-hybridized carbons (Fsp3) is 0.725. The van der Waals surface area contributed by atoms with Crippen molar-refractivity contribution >= 4 is 29.7 Å². The molecule has 10 fully saturated rings. The number of nitrogens with one attached hydrogen (secondary N) is 2. The number of hydrogen-bond acceptors (Lipinski definition) is 10. The summed E-state index contributed by atoms with van der Waals surface area (Å²) in [7, 11) is 6.29. The second kappa shape index (κ2) is 91.9. The number of nitrogens with two attached hydrogens (primary N) is 1. The first-order valence-electron chi connectivity index (χ1n) is 39.0. The SMILES string of the molecule is C1CCCC1.C1CCCC1.C1CCCC1.C1CCCC1.C1CCCC1.CC(=O)OC(C)=O.CC(=O)O[C@H](C)C1CCCC1.C[C@@H](N)C1CCCC1.C[C@@H](NC(=O)c1ccc[n+](C)c1)C1CCCC1.C[C@@H](NC(=O)c1cccnc1)C1CCCC1.C[C@H](C1CCCC1)N(C)C.[CH3-].[CH3-].[CH3-].[CH3-].[CH3-].[CH3-].[CH3-].[CH3-].[CH3-].[CH3-].[Fe+2].[Fe+2].[Fe+2].[Fe+2].[Fe+2]. The van der Waals surface area contributed by atoms with E-state index in [2.05, 4.69) is 67.0 Å². The summed E-state index contributed by atoms with van der Waals surface area (Å²) in [4.78, 5) is 60.4. The van der Waals surface area contributed by atoms with E-state index < -0.39 is 11.9 Å². The van der Waals surface area contributed by atoms with Crippen LogP contribution < -0.4 is 20.9 Å². The van der Waals surface area contributed by atoms with Crippen LogP contribution in [0.1, 0.15) is 365 Å². The van der Waals surface area contributed by atoms with Gasteiger partial charge >= 0.3 is 103 Å². The number of hydrogen-bond donors (Lipinski definition) is 3. The minimum absolute atomic E-state index is 0. The molecule has 12 rings (SSSR count). The van der Waals surface area contributed by atoms with E-state index in [-0.39, 0.29) is 196 Å². The average molecular weight is 1740 g/mol. The van der Waals surface area contributed by atoms with Gasteiger partial charge in [-0.25, -0.2) is 4.57 Å². The molecule has 0 bridgehead atoms. The molecule has 0 spiro atoms. The molecule has 18 heteroatoms. The number of nitrogens with zero attached hydrogens (tertiary/aromatic N) is 3. The quantitative estimate of drug-likeness (QED) is 0.0646. The second-order valence-corrected chi connectivity index (χ2v) is 29.5. The van der Waals surface area contributed by atoms with Crippen molar-refractivity contribution in [3.63, 3.8) is 0 Å². The van der Waals surface area contributed by atoms with Gasteiger partial charge in [0, 0.05) is 63.4 Å². The molecule has 0 saturated heterocycles. The molecular weight excluding hydrogens is 1570 g/mol. The fourth-order valence-electron chi connectivity index (χ4n) is 14.7. The summed E-state index contributed by atoms with van der Waals surface area (Å²) >= 11 is 0. The summed E-state index contributed by atoms with van der Waals surface area (Å²) in [5, 5.41) is 6.17. The van der Waals surface area contributed by atoms with Crippen LogP contribution in [-0.2, 0) is 116 Å². The molecule has 2 aromatic heterocycles. The zero-order valence-corrected chi connectivity index (χ0v) is 79.8. The third-order valence-electron chi connectivity index (χ3n) is 21.1. The van der Waals surface area contributed by atoms with Crippen LogP contribution in [-0.4, -0.2) is 84.0 Å². The van der Waals surface area contributed by atoms with Crippen LogP contribution >= 0.6 is 0 Å². The van der Waals surface area contributed by atoms with E-state index in [0.717, 1.165) is 23.4 Å². The van der Waals surface area contributed by atoms with Crippen LogP contribution in [0.25, 0.3) is 0 Å². The maximum absolute atomic E-state index is 12.0. The van der Waals surface area contributed by atoms with Crippen molar-refractivity contribution in [1.29, 1.82) is 0 Å². The molecule has 10 aliphatic rings. The van der Waals surface area contributed by atoms with E-state index in [9.17, 15) is 24.0 Å². The van der Waals surface area contributed by atoms with E-state index in [1.165, 1.54) is 310 Å². The van der Waals surface area contributed by atoms with Gasteiger partial charge in [-0.3, -0.25) is 29.0 Å². The van der Waals surface area contributed by atoms with E-state index in [1.54, 1.807) is 24.5 Å². The molecule has 4 N–H and O–H groups in total. The number of aryl methyl sites for hydroxylation is 1. The maximum atomic E-state index is 12.0. The number of esters is 3. The number of ether oxygens (including phenoxy) is 2. The van der Waals surface area contributed by atoms with E-state index in [1.807, 2.05) is 43.1 Å². The first kappa shape index (κ1) is 139. The maximum Gasteiger partial charge on any atom is 2.00 e. The summed E-state index contributed by atoms with van der Waals surface area (Å²) in [6.45, 7) is 14.5. The van der Waals surface area contributed by atoms with Crippen LogP contribution in [0.2, 0.25) is 0 Å². The minimum atomic E-state index is -0.562. The Balaban J connectivity index is -0.0000000768. The number of carbonyl (C=O) groups excluding carboxylic acids is 5. The molecule has 109 heavy (non-hydrogen) atoms. The van der Waals surface area contributed by atoms with E-state index in [4.69, 9.17) is 10.5 Å². The van der Waals surface area contributed by atoms with Gasteiger partial charge in [-0.1, -0.05) is 225 Å². The molecule has 10 saturated carbocycles. The van der Waals surface area contributed by atoms with E-state index in [0.29, 0.717) is 29.4 Å². The summed E-state index contributed by atoms with van der Waals surface area (Å²) < 4.78 is 11.0. The standard InChI is InChI=1S/C14H20N2O.C13H18N2O.C9H19N.C9H16O2.C7H15N.5C5H10.C4H6O3.10CH3.5Fe/c1-11(12-6-3-4-7-12)15-14(17)13-8-5-9-16(2)10-13;1-10(11-5-2-3-6-11)15-13(16)12-7-4-8-14-9-12;1-8(10(2)3)9-6-4-5-7-9;1-7(11-8(2)10)9-5-3-4-6-9;1-6(8)7-4-2-3-5-7;5*1-2-4-5-3-1;1-3(5)7-4(2)6;;;;;;;;;;;;;;;/h5,8-12H,3-4,6-7H2,1-2H3;4,7-11H,2-3,5-6H2,1H3,(H,15,16);8-9H,4-7H2,1-3H3;7,9H,3-6H2,1-2H3;6-7H,2-5,8H2,1H3;5*1-5H2;1-2H3;10*1H3;;;;;/q;;;;;;;;;;;10*-1;5*+2/p+1/t11-;10-;8-;7-;6-;;;;;;;;;;;;;;;;;;;;;/m11111...................../s1. The van der Waals surface area contributed by atoms with Crippen LogP contribution in [0, 0.1) is 104 Å². The van der Waals surface area contributed by atoms with Gasteiger partial charge in [-0.05, 0) is 161 Å². The van der Waals surface area contributed by atoms with Crippen molar-refractivity contribution in [1.82, 2.24) is 20.5 Å². The number of carbonyl (C=O) groups is 5. The fourth-order valence-corrected chi connectivity index (χ4v) is 14.7. The van der Waals surface area contributed by atoms with Crippen molar-refractivity contribution in [3.05, 3.63) is 134 Å². The van der Waals surface area contributed by atoms with Crippen molar-refractivity contribution in [3.8, 4) is 0 Å². The molecule has 0 radical (unpaired) electrons. The number of aromatic nitrogens is 2. The molecule has 2 heterocycles. The zero-order valence-electron chi connectivity index (χ0n) is 74.3. The molecule has 5 atom stereocenters. The zero-order chi connectivity index (χ0) is 69.0. The van der Waals surface area contributed by atoms with Crippen LogP contribution in [0.4, 0.5) is 0 Å². The molecule has 2 aromatic rings. The molecular formula is C91H175Fe5N6O7+. The summed E-state index contributed by atoms with van der Waals surface area (Å²) in [5.41, 5.74) is 7.08. The molecule has 0 unspecified atom stereocenters. The monoisotopic (exact) mass is 1740 g/mol. The Kier molecular flexibility index (Phi) is 117. The average Bonchev–Trinajstić information content (AvgIpc) is 1.86. The van der Waals surface area contributed by atoms with Crippen LogP contribution in [0.15, 0.2) is 49.1 Å². The molecule has 650 valence electrons. The van der Waals surface area contributed by atoms with E-state index >= 15 is 0 Å². The van der Waals surface area contributed by atoms with Gasteiger partial charge in [0.15, 0.2) is 12.4 Å². The summed E-state index contributed by atoms with van der Waals surface area (Å²) in [5.74, 6) is 2.53. The van der Waals surface area contributed by atoms with Crippen LogP contribution in [0.3, 0.4) is 0 Å². The van der Waals surface area contributed by atoms with Gasteiger partial charge in [0.25, 0.3) is 11.8 Å². The number of amides is 2. The largest absolute Gasteiger partial charge is 2.00 e. The van der Waals surface area contributed by atoms with Gasteiger partial charge in [-0.15, -0.1) is 0 Å². The van der Waals surface area contributed by atoms with Gasteiger partial charge in [0.2, 0.25) is 0 Å². The molecule has 2 amide bonds. The predicted molar refractivity (Wildman–Crippen MR) is 456 cm³/mol. The molecule has 10 aliphatic carbocycles. The minimum Gasteiger partial charge on any atom is -0.463 e. The first-order chi connectivity index (χ1) is 45.3. The molecule has 0 aliphatic heterocycles. The Hall–Kier alpha value is -1.63. The molecule has 13 nitrogen and oxygen atoms in total. The second-order valence-electron chi connectivity index (χ2n) is 29.5. The Bertz CT molecular complexity index is 2080. The summed E-state index contributed by atoms with van der Waals surface area (Å²) in [6, 6.07) is 9.13. The Morgan fingerprint density at radius 1 is 0.404 bits per heavy atom. The van der Waals surface area contributed by atoms with Crippen molar-refractivity contribution in [2.75, 3.05) is 14.1 Å². The Morgan fingerprint density at radius 2 is 0.670 bits per heavy atom. The third-order valence-corrected chi connectivity index (χ3v) is 21.1. The van der Waals surface area contributed by atoms with Gasteiger partial charge in [0.05, 0.1) is 5.56 Å². The normalized spacial score (nSPS) is 17.8. The topological polar surface area (TPSA) is 174 Å². The molecule has 0 aromatic carbocycles.